The molecule has 1 aromatic heterocycles. The van der Waals surface area contributed by atoms with Crippen LogP contribution in [0, 0.1) is 0 Å². The number of pyridine rings is 1. The van der Waals surface area contributed by atoms with Crippen LogP contribution in [0.25, 0.3) is 0 Å². The minimum Gasteiger partial charge on any atom is -0.398 e. The van der Waals surface area contributed by atoms with E-state index < -0.39 is 0 Å². The van der Waals surface area contributed by atoms with Crippen LogP contribution in [0.3, 0.4) is 0 Å². The third-order valence-corrected chi connectivity index (χ3v) is 3.28. The Morgan fingerprint density at radius 3 is 2.89 bits per heavy atom. The Morgan fingerprint density at radius 1 is 1.21 bits per heavy atom. The molecule has 0 atom stereocenters. The number of aryl methyl sites for hydroxylation is 1. The Balaban J connectivity index is 1.81. The smallest absolute Gasteiger partial charge is 0.250 e. The summed E-state index contributed by atoms with van der Waals surface area (Å²) < 4.78 is 1.64. The molecule has 0 bridgehead atoms. The predicted octanol–water partition coefficient (Wildman–Crippen LogP) is -0.357. The first-order valence-corrected chi connectivity index (χ1v) is 6.60. The summed E-state index contributed by atoms with van der Waals surface area (Å²) in [6, 6.07) is 3.11. The SMILES string of the molecule is Nc1ccc(=O)n(CCCN2CCNC(=O)CC2)c1. The van der Waals surface area contributed by atoms with Crippen molar-refractivity contribution in [3.63, 3.8) is 0 Å². The number of aromatic nitrogens is 1. The Hall–Kier alpha value is -1.82. The number of hydrogen-bond donors (Lipinski definition) is 2. The third kappa shape index (κ3) is 4.10. The lowest BCUT2D eigenvalue weighted by Gasteiger charge is -2.18. The highest BCUT2D eigenvalue weighted by molar-refractivity contribution is 5.76. The summed E-state index contributed by atoms with van der Waals surface area (Å²) in [5.41, 5.74) is 6.24. The Morgan fingerprint density at radius 2 is 2.05 bits per heavy atom. The number of nitrogen functional groups attached to an aromatic ring is 1. The van der Waals surface area contributed by atoms with E-state index in [9.17, 15) is 9.59 Å². The molecule has 0 aromatic carbocycles. The van der Waals surface area contributed by atoms with Crippen molar-refractivity contribution in [2.24, 2.45) is 0 Å². The number of carbonyl (C=O) groups is 1. The van der Waals surface area contributed by atoms with Gasteiger partial charge in [0, 0.05) is 50.6 Å². The van der Waals surface area contributed by atoms with Crippen molar-refractivity contribution in [2.45, 2.75) is 19.4 Å². The van der Waals surface area contributed by atoms with Crippen LogP contribution in [0.4, 0.5) is 5.69 Å². The highest BCUT2D eigenvalue weighted by Gasteiger charge is 2.12. The molecule has 1 aliphatic rings. The molecule has 19 heavy (non-hydrogen) atoms. The van der Waals surface area contributed by atoms with Crippen molar-refractivity contribution >= 4 is 11.6 Å². The molecule has 2 heterocycles. The molecule has 0 aliphatic carbocycles. The standard InChI is InChI=1S/C13H20N4O2/c14-11-2-3-13(19)17(10-11)7-1-6-16-8-4-12(18)15-5-9-16/h2-3,10H,1,4-9,14H2,(H,15,18). The van der Waals surface area contributed by atoms with Crippen molar-refractivity contribution in [3.05, 3.63) is 28.7 Å². The maximum Gasteiger partial charge on any atom is 0.250 e. The first-order chi connectivity index (χ1) is 9.15. The number of anilines is 1. The zero-order valence-electron chi connectivity index (χ0n) is 11.0. The molecule has 6 nitrogen and oxygen atoms in total. The van der Waals surface area contributed by atoms with Gasteiger partial charge in [-0.05, 0) is 19.0 Å². The number of nitrogens with two attached hydrogens (primary N) is 1. The minimum absolute atomic E-state index is 0.0260. The van der Waals surface area contributed by atoms with E-state index in [0.29, 0.717) is 25.2 Å². The van der Waals surface area contributed by atoms with Gasteiger partial charge in [-0.2, -0.15) is 0 Å². The maximum absolute atomic E-state index is 11.6. The van der Waals surface area contributed by atoms with E-state index in [-0.39, 0.29) is 11.5 Å². The summed E-state index contributed by atoms with van der Waals surface area (Å²) in [6.45, 7) is 3.91. The Kier molecular flexibility index (Phi) is 4.57. The molecule has 1 fully saturated rings. The van der Waals surface area contributed by atoms with Crippen LogP contribution in [-0.4, -0.2) is 41.6 Å². The van der Waals surface area contributed by atoms with Gasteiger partial charge in [-0.3, -0.25) is 9.59 Å². The van der Waals surface area contributed by atoms with E-state index in [2.05, 4.69) is 10.2 Å². The van der Waals surface area contributed by atoms with Gasteiger partial charge in [0.25, 0.3) is 5.56 Å². The lowest BCUT2D eigenvalue weighted by atomic mass is 10.3. The molecule has 1 amide bonds. The summed E-state index contributed by atoms with van der Waals surface area (Å²) in [5.74, 6) is 0.120. The Labute approximate surface area is 112 Å². The molecule has 3 N–H and O–H groups in total. The molecule has 1 saturated heterocycles. The molecule has 104 valence electrons. The summed E-state index contributed by atoms with van der Waals surface area (Å²) in [5, 5.41) is 2.85. The molecular weight excluding hydrogens is 244 g/mol. The van der Waals surface area contributed by atoms with Crippen molar-refractivity contribution in [1.29, 1.82) is 0 Å². The highest BCUT2D eigenvalue weighted by atomic mass is 16.1. The van der Waals surface area contributed by atoms with Crippen LogP contribution in [0.5, 0.6) is 0 Å². The maximum atomic E-state index is 11.6. The average Bonchev–Trinajstić information content (AvgIpc) is 2.59. The molecular formula is C13H20N4O2. The van der Waals surface area contributed by atoms with Gasteiger partial charge in [-0.25, -0.2) is 0 Å². The van der Waals surface area contributed by atoms with E-state index >= 15 is 0 Å². The fourth-order valence-corrected chi connectivity index (χ4v) is 2.23. The van der Waals surface area contributed by atoms with Crippen LogP contribution in [0.2, 0.25) is 0 Å². The van der Waals surface area contributed by atoms with Crippen molar-refractivity contribution in [2.75, 3.05) is 31.9 Å². The summed E-state index contributed by atoms with van der Waals surface area (Å²) in [7, 11) is 0. The van der Waals surface area contributed by atoms with Crippen LogP contribution in [-0.2, 0) is 11.3 Å². The van der Waals surface area contributed by atoms with E-state index in [1.807, 2.05) is 0 Å². The van der Waals surface area contributed by atoms with Crippen molar-refractivity contribution in [3.8, 4) is 0 Å². The lowest BCUT2D eigenvalue weighted by Crippen LogP contribution is -2.30. The van der Waals surface area contributed by atoms with E-state index in [1.54, 1.807) is 16.8 Å². The number of rotatable bonds is 4. The summed E-state index contributed by atoms with van der Waals surface area (Å²) >= 11 is 0. The zero-order chi connectivity index (χ0) is 13.7. The van der Waals surface area contributed by atoms with E-state index in [4.69, 9.17) is 5.73 Å². The quantitative estimate of drug-likeness (QED) is 0.778. The molecule has 6 heteroatoms. The number of nitrogens with one attached hydrogen (secondary N) is 1. The molecule has 1 aromatic rings. The van der Waals surface area contributed by atoms with E-state index in [0.717, 1.165) is 26.1 Å². The molecule has 0 spiro atoms. The fraction of sp³-hybridized carbons (Fsp3) is 0.538. The second-order valence-electron chi connectivity index (χ2n) is 4.79. The third-order valence-electron chi connectivity index (χ3n) is 3.28. The normalized spacial score (nSPS) is 16.9. The number of carbonyl (C=O) groups excluding carboxylic acids is 1. The molecule has 2 rings (SSSR count). The molecule has 0 saturated carbocycles. The second-order valence-corrected chi connectivity index (χ2v) is 4.79. The van der Waals surface area contributed by atoms with Crippen molar-refractivity contribution in [1.82, 2.24) is 14.8 Å². The van der Waals surface area contributed by atoms with Crippen molar-refractivity contribution < 1.29 is 4.79 Å². The molecule has 0 unspecified atom stereocenters. The monoisotopic (exact) mass is 264 g/mol. The first-order valence-electron chi connectivity index (χ1n) is 6.60. The van der Waals surface area contributed by atoms with Gasteiger partial charge in [0.05, 0.1) is 0 Å². The number of amides is 1. The van der Waals surface area contributed by atoms with Gasteiger partial charge in [-0.1, -0.05) is 0 Å². The second kappa shape index (κ2) is 6.38. The predicted molar refractivity (Wildman–Crippen MR) is 73.8 cm³/mol. The molecule has 0 radical (unpaired) electrons. The van der Waals surface area contributed by atoms with Crippen LogP contribution in [0.1, 0.15) is 12.8 Å². The molecule has 1 aliphatic heterocycles. The average molecular weight is 264 g/mol. The minimum atomic E-state index is -0.0260. The van der Waals surface area contributed by atoms with Gasteiger partial charge in [0.15, 0.2) is 0 Å². The van der Waals surface area contributed by atoms with Crippen LogP contribution < -0.4 is 16.6 Å². The fourth-order valence-electron chi connectivity index (χ4n) is 2.23. The first kappa shape index (κ1) is 13.6. The van der Waals surface area contributed by atoms with Crippen LogP contribution in [0.15, 0.2) is 23.1 Å². The zero-order valence-corrected chi connectivity index (χ0v) is 11.0. The van der Waals surface area contributed by atoms with E-state index in [1.165, 1.54) is 6.07 Å². The Bertz CT molecular complexity index is 498. The summed E-state index contributed by atoms with van der Waals surface area (Å²) in [4.78, 5) is 25.0. The largest absolute Gasteiger partial charge is 0.398 e. The van der Waals surface area contributed by atoms with Gasteiger partial charge in [0.2, 0.25) is 5.91 Å². The number of nitrogens with zero attached hydrogens (tertiary/aromatic N) is 2. The number of hydrogen-bond acceptors (Lipinski definition) is 4. The van der Waals surface area contributed by atoms with Gasteiger partial charge in [-0.15, -0.1) is 0 Å². The lowest BCUT2D eigenvalue weighted by molar-refractivity contribution is -0.120. The topological polar surface area (TPSA) is 80.4 Å². The summed E-state index contributed by atoms with van der Waals surface area (Å²) in [6.07, 6.45) is 3.10. The van der Waals surface area contributed by atoms with Gasteiger partial charge < -0.3 is 20.5 Å². The highest BCUT2D eigenvalue weighted by Crippen LogP contribution is 2.01. The van der Waals surface area contributed by atoms with Gasteiger partial charge >= 0.3 is 0 Å². The van der Waals surface area contributed by atoms with Crippen LogP contribution >= 0.6 is 0 Å². The van der Waals surface area contributed by atoms with Gasteiger partial charge in [0.1, 0.15) is 0 Å².